The second kappa shape index (κ2) is 9.53. The topological polar surface area (TPSA) is 94.7 Å². The van der Waals surface area contributed by atoms with Crippen LogP contribution in [0.25, 0.3) is 5.69 Å². The molecule has 0 unspecified atom stereocenters. The molecule has 4 rings (SSSR count). The van der Waals surface area contributed by atoms with Gasteiger partial charge in [-0.2, -0.15) is 23.4 Å². The second-order valence-electron chi connectivity index (χ2n) is 7.86. The highest BCUT2D eigenvalue weighted by Crippen LogP contribution is 2.31. The zero-order valence-corrected chi connectivity index (χ0v) is 18.9. The number of rotatable bonds is 7. The van der Waals surface area contributed by atoms with Crippen LogP contribution >= 0.6 is 0 Å². The van der Waals surface area contributed by atoms with Crippen molar-refractivity contribution in [2.75, 3.05) is 5.32 Å². The molecule has 8 nitrogen and oxygen atoms in total. The molecule has 4 aromatic rings. The number of hydrogen-bond acceptors (Lipinski definition) is 5. The fourth-order valence-corrected chi connectivity index (χ4v) is 3.67. The van der Waals surface area contributed by atoms with E-state index in [4.69, 9.17) is 0 Å². The van der Waals surface area contributed by atoms with Gasteiger partial charge in [0.1, 0.15) is 0 Å². The largest absolute Gasteiger partial charge is 0.416 e. The van der Waals surface area contributed by atoms with Gasteiger partial charge in [-0.1, -0.05) is 6.07 Å². The normalized spacial score (nSPS) is 11.5. The first-order chi connectivity index (χ1) is 16.6. The van der Waals surface area contributed by atoms with Crippen molar-refractivity contribution in [3.63, 3.8) is 0 Å². The third-order valence-electron chi connectivity index (χ3n) is 5.40. The first-order valence-electron chi connectivity index (χ1n) is 10.7. The third-order valence-corrected chi connectivity index (χ3v) is 5.40. The summed E-state index contributed by atoms with van der Waals surface area (Å²) in [6.07, 6.45) is 1.28. The molecule has 35 heavy (non-hydrogen) atoms. The van der Waals surface area contributed by atoms with Crippen LogP contribution in [0.1, 0.15) is 32.9 Å². The van der Waals surface area contributed by atoms with Gasteiger partial charge in [0.25, 0.3) is 11.7 Å². The van der Waals surface area contributed by atoms with E-state index in [9.17, 15) is 22.8 Å². The highest BCUT2D eigenvalue weighted by atomic mass is 19.4. The molecule has 0 atom stereocenters. The molecule has 0 radical (unpaired) electrons. The molecular formula is C24H21F3N6O2. The van der Waals surface area contributed by atoms with Crippen molar-refractivity contribution in [1.29, 1.82) is 0 Å². The number of Topliss-reactive ketones (excluding diaryl/α,β-unsaturated/α-hetero) is 1. The van der Waals surface area contributed by atoms with Crippen molar-refractivity contribution in [3.8, 4) is 5.69 Å². The number of benzene rings is 1. The van der Waals surface area contributed by atoms with Crippen molar-refractivity contribution < 1.29 is 22.8 Å². The van der Waals surface area contributed by atoms with Crippen LogP contribution in [0.2, 0.25) is 0 Å². The Morgan fingerprint density at radius 1 is 1.03 bits per heavy atom. The lowest BCUT2D eigenvalue weighted by Gasteiger charge is -2.10. The van der Waals surface area contributed by atoms with Crippen molar-refractivity contribution >= 4 is 17.5 Å². The van der Waals surface area contributed by atoms with Crippen LogP contribution in [0.3, 0.4) is 0 Å². The van der Waals surface area contributed by atoms with Gasteiger partial charge in [0, 0.05) is 31.2 Å². The lowest BCUT2D eigenvalue weighted by Crippen LogP contribution is -2.24. The molecule has 1 N–H and O–H groups in total. The van der Waals surface area contributed by atoms with Crippen LogP contribution < -0.4 is 5.32 Å². The smallest absolute Gasteiger partial charge is 0.302 e. The Kier molecular flexibility index (Phi) is 6.50. The van der Waals surface area contributed by atoms with E-state index in [-0.39, 0.29) is 28.5 Å². The number of aromatic nitrogens is 5. The molecule has 3 heterocycles. The number of alkyl halides is 3. The summed E-state index contributed by atoms with van der Waals surface area (Å²) in [5.41, 5.74) is 0.880. The molecule has 3 aromatic heterocycles. The average Bonchev–Trinajstić information content (AvgIpc) is 3.40. The molecule has 0 aliphatic heterocycles. The Balaban J connectivity index is 1.48. The van der Waals surface area contributed by atoms with Gasteiger partial charge in [-0.15, -0.1) is 0 Å². The van der Waals surface area contributed by atoms with Crippen LogP contribution in [0.15, 0.2) is 61.1 Å². The van der Waals surface area contributed by atoms with Crippen LogP contribution in [0.4, 0.5) is 19.0 Å². The number of amides is 1. The molecule has 0 aliphatic carbocycles. The summed E-state index contributed by atoms with van der Waals surface area (Å²) in [5.74, 6) is -1.57. The number of carbonyl (C=O) groups excluding carboxylic acids is 2. The van der Waals surface area contributed by atoms with Crippen LogP contribution in [0.5, 0.6) is 0 Å². The van der Waals surface area contributed by atoms with Gasteiger partial charge in [0.15, 0.2) is 5.82 Å². The number of halogens is 3. The summed E-state index contributed by atoms with van der Waals surface area (Å²) < 4.78 is 42.2. The summed E-state index contributed by atoms with van der Waals surface area (Å²) in [4.78, 5) is 29.5. The molecule has 1 aromatic carbocycles. The SMILES string of the molecule is Cc1nn(-c2cccc(C(F)(F)F)c2)c(C)c1C(=O)C(=O)Nc1ccn(CCc2ccncc2)n1. The quantitative estimate of drug-likeness (QED) is 0.315. The average molecular weight is 482 g/mol. The first kappa shape index (κ1) is 23.9. The van der Waals surface area contributed by atoms with Gasteiger partial charge in [0.2, 0.25) is 0 Å². The first-order valence-corrected chi connectivity index (χ1v) is 10.7. The van der Waals surface area contributed by atoms with E-state index in [1.165, 1.54) is 30.7 Å². The van der Waals surface area contributed by atoms with Gasteiger partial charge < -0.3 is 5.32 Å². The molecule has 0 aliphatic rings. The Morgan fingerprint density at radius 3 is 2.49 bits per heavy atom. The number of ketones is 1. The fraction of sp³-hybridized carbons (Fsp3) is 0.208. The van der Waals surface area contributed by atoms with Crippen LogP contribution in [0, 0.1) is 13.8 Å². The van der Waals surface area contributed by atoms with E-state index in [0.717, 1.165) is 17.7 Å². The number of aryl methyl sites for hydroxylation is 3. The van der Waals surface area contributed by atoms with E-state index in [2.05, 4.69) is 20.5 Å². The van der Waals surface area contributed by atoms with E-state index in [1.54, 1.807) is 29.3 Å². The van der Waals surface area contributed by atoms with Crippen LogP contribution in [-0.2, 0) is 23.9 Å². The summed E-state index contributed by atoms with van der Waals surface area (Å²) >= 11 is 0. The van der Waals surface area contributed by atoms with Gasteiger partial charge in [-0.25, -0.2) is 4.68 Å². The van der Waals surface area contributed by atoms with Gasteiger partial charge in [-0.3, -0.25) is 19.3 Å². The van der Waals surface area contributed by atoms with Crippen LogP contribution in [-0.4, -0.2) is 36.2 Å². The number of pyridine rings is 1. The van der Waals surface area contributed by atoms with Crippen molar-refractivity contribution in [3.05, 3.63) is 89.1 Å². The molecule has 0 fully saturated rings. The molecule has 180 valence electrons. The summed E-state index contributed by atoms with van der Waals surface area (Å²) in [6.45, 7) is 3.61. The second-order valence-corrected chi connectivity index (χ2v) is 7.86. The minimum Gasteiger partial charge on any atom is -0.302 e. The zero-order chi connectivity index (χ0) is 25.2. The van der Waals surface area contributed by atoms with E-state index >= 15 is 0 Å². The molecule has 0 spiro atoms. The maximum Gasteiger partial charge on any atom is 0.416 e. The number of nitrogens with one attached hydrogen (secondary N) is 1. The predicted octanol–water partition coefficient (Wildman–Crippen LogP) is 4.16. The van der Waals surface area contributed by atoms with E-state index in [0.29, 0.717) is 13.0 Å². The monoisotopic (exact) mass is 482 g/mol. The van der Waals surface area contributed by atoms with Crippen molar-refractivity contribution in [1.82, 2.24) is 24.5 Å². The lowest BCUT2D eigenvalue weighted by atomic mass is 10.1. The molecular weight excluding hydrogens is 461 g/mol. The molecule has 0 bridgehead atoms. The predicted molar refractivity (Wildman–Crippen MR) is 121 cm³/mol. The number of hydrogen-bond donors (Lipinski definition) is 1. The molecule has 1 amide bonds. The molecule has 0 saturated heterocycles. The maximum absolute atomic E-state index is 13.1. The molecule has 11 heteroatoms. The summed E-state index contributed by atoms with van der Waals surface area (Å²) in [6, 6.07) is 9.96. The van der Waals surface area contributed by atoms with Crippen molar-refractivity contribution in [2.24, 2.45) is 0 Å². The standard InChI is InChI=1S/C24H21F3N6O2/c1-15-21(16(2)33(30-15)19-5-3-4-18(14-19)24(25,26)27)22(34)23(35)29-20-9-13-32(31-20)12-8-17-6-10-28-11-7-17/h3-7,9-11,13-14H,8,12H2,1-2H3,(H,29,31,35). The van der Waals surface area contributed by atoms with Gasteiger partial charge in [0.05, 0.1) is 28.2 Å². The Morgan fingerprint density at radius 2 is 1.77 bits per heavy atom. The number of anilines is 1. The Hall–Kier alpha value is -4.28. The molecule has 0 saturated carbocycles. The third kappa shape index (κ3) is 5.29. The fourth-order valence-electron chi connectivity index (χ4n) is 3.67. The number of carbonyl (C=O) groups is 2. The zero-order valence-electron chi connectivity index (χ0n) is 18.9. The Bertz CT molecular complexity index is 1380. The highest BCUT2D eigenvalue weighted by Gasteiger charge is 2.31. The maximum atomic E-state index is 13.1. The Labute approximate surface area is 198 Å². The van der Waals surface area contributed by atoms with E-state index in [1.807, 2.05) is 12.1 Å². The van der Waals surface area contributed by atoms with Gasteiger partial charge >= 0.3 is 6.18 Å². The minimum absolute atomic E-state index is 0.0250. The van der Waals surface area contributed by atoms with Crippen molar-refractivity contribution in [2.45, 2.75) is 33.0 Å². The lowest BCUT2D eigenvalue weighted by molar-refractivity contribution is -0.137. The highest BCUT2D eigenvalue weighted by molar-refractivity contribution is 6.47. The summed E-state index contributed by atoms with van der Waals surface area (Å²) in [7, 11) is 0. The van der Waals surface area contributed by atoms with Gasteiger partial charge in [-0.05, 0) is 56.2 Å². The number of nitrogens with zero attached hydrogens (tertiary/aromatic N) is 5. The summed E-state index contributed by atoms with van der Waals surface area (Å²) in [5, 5.41) is 10.9. The van der Waals surface area contributed by atoms with E-state index < -0.39 is 23.4 Å². The minimum atomic E-state index is -4.52.